The van der Waals surface area contributed by atoms with Gasteiger partial charge in [-0.05, 0) is 85.6 Å². The molecule has 0 aromatic rings. The molecule has 0 aliphatic carbocycles. The van der Waals surface area contributed by atoms with Crippen LogP contribution >= 0.6 is 0 Å². The Morgan fingerprint density at radius 2 is 1.42 bits per heavy atom. The maximum Gasteiger partial charge on any atom is 0.243 e. The van der Waals surface area contributed by atoms with Crippen LogP contribution in [0.25, 0.3) is 0 Å². The molecule has 5 atom stereocenters. The lowest BCUT2D eigenvalue weighted by atomic mass is 9.89. The summed E-state index contributed by atoms with van der Waals surface area (Å²) < 4.78 is 0. The van der Waals surface area contributed by atoms with Gasteiger partial charge in [-0.1, -0.05) is 26.0 Å². The van der Waals surface area contributed by atoms with Crippen molar-refractivity contribution in [2.75, 3.05) is 7.05 Å². The maximum atomic E-state index is 13.0. The number of unbranched alkanes of at least 4 members (excludes halogenated alkanes) is 2. The van der Waals surface area contributed by atoms with E-state index in [9.17, 15) is 33.9 Å². The summed E-state index contributed by atoms with van der Waals surface area (Å²) >= 11 is 0. The summed E-state index contributed by atoms with van der Waals surface area (Å²) in [6.07, 6.45) is 6.20. The molecule has 43 heavy (non-hydrogen) atoms. The maximum absolute atomic E-state index is 13.0. The van der Waals surface area contributed by atoms with Crippen LogP contribution < -0.4 is 32.7 Å². The van der Waals surface area contributed by atoms with Crippen molar-refractivity contribution in [2.24, 2.45) is 17.4 Å². The first-order chi connectivity index (χ1) is 19.9. The number of likely N-dealkylation sites (N-methyl/N-ethyl adjacent to an activating group) is 1. The Balaban J connectivity index is 4.99. The van der Waals surface area contributed by atoms with Gasteiger partial charge in [0.2, 0.25) is 29.5 Å². The van der Waals surface area contributed by atoms with Gasteiger partial charge in [0.05, 0.1) is 23.6 Å². The Hall–Kier alpha value is -3.32. The zero-order valence-corrected chi connectivity index (χ0v) is 26.9. The van der Waals surface area contributed by atoms with Crippen molar-refractivity contribution >= 4 is 35.3 Å². The number of rotatable bonds is 22. The van der Waals surface area contributed by atoms with Gasteiger partial charge in [-0.3, -0.25) is 28.8 Å². The van der Waals surface area contributed by atoms with Gasteiger partial charge < -0.3 is 37.8 Å². The molecule has 0 bridgehead atoms. The van der Waals surface area contributed by atoms with Crippen LogP contribution in [0.5, 0.6) is 0 Å². The third kappa shape index (κ3) is 15.1. The molecule has 0 rings (SSSR count). The lowest BCUT2D eigenvalue weighted by Crippen LogP contribution is -2.59. The third-order valence-corrected chi connectivity index (χ3v) is 7.56. The second kappa shape index (κ2) is 19.1. The summed E-state index contributed by atoms with van der Waals surface area (Å²) in [6.45, 7) is 9.84. The van der Waals surface area contributed by atoms with E-state index < -0.39 is 52.9 Å². The van der Waals surface area contributed by atoms with E-state index in [0.29, 0.717) is 38.5 Å². The number of hydrogen-bond acceptors (Lipinski definition) is 8. The standard InChI is InChI=1S/C30H54N6O7/c1-19(2)25(26(32)41)35-28(43)30(6,33-7)17-13-11-9-8-10-12-16-29(5,21(4)38)36-27(42)22(14-15-23(31)39)34-24(40)18-20(3)37/h8-9,19-20,22,25,33,37H,10-18H2,1-7H3,(H2,31,39)(H2,32,41)(H,34,40)(H,35,43)(H,36,42)/b9-8+/t20-,22+,25?,29+,30+/m1/s1. The van der Waals surface area contributed by atoms with Crippen molar-refractivity contribution in [1.82, 2.24) is 21.3 Å². The Kier molecular flexibility index (Phi) is 17.6. The van der Waals surface area contributed by atoms with Crippen molar-refractivity contribution in [3.8, 4) is 0 Å². The van der Waals surface area contributed by atoms with Gasteiger partial charge in [0, 0.05) is 6.42 Å². The van der Waals surface area contributed by atoms with Crippen LogP contribution in [0.15, 0.2) is 12.2 Å². The first-order valence-electron chi connectivity index (χ1n) is 14.9. The summed E-state index contributed by atoms with van der Waals surface area (Å²) in [4.78, 5) is 73.4. The first-order valence-corrected chi connectivity index (χ1v) is 14.9. The number of hydrogen-bond donors (Lipinski definition) is 7. The van der Waals surface area contributed by atoms with Crippen LogP contribution in [0.4, 0.5) is 0 Å². The quantitative estimate of drug-likeness (QED) is 0.0672. The van der Waals surface area contributed by atoms with E-state index in [-0.39, 0.29) is 36.9 Å². The van der Waals surface area contributed by atoms with Crippen LogP contribution in [0.2, 0.25) is 0 Å². The topological polar surface area (TPSA) is 223 Å². The molecule has 0 radical (unpaired) electrons. The second-order valence-electron chi connectivity index (χ2n) is 12.0. The molecular weight excluding hydrogens is 556 g/mol. The van der Waals surface area contributed by atoms with Crippen LogP contribution in [-0.4, -0.2) is 76.7 Å². The molecule has 1 unspecified atom stereocenters. The minimum absolute atomic E-state index is 0.0405. The lowest BCUT2D eigenvalue weighted by molar-refractivity contribution is -0.134. The van der Waals surface area contributed by atoms with E-state index in [2.05, 4.69) is 21.3 Å². The number of aliphatic hydroxyl groups is 1. The van der Waals surface area contributed by atoms with Gasteiger partial charge in [-0.15, -0.1) is 0 Å². The zero-order valence-electron chi connectivity index (χ0n) is 26.9. The van der Waals surface area contributed by atoms with E-state index in [0.717, 1.165) is 0 Å². The average Bonchev–Trinajstić information content (AvgIpc) is 2.89. The number of carbonyl (C=O) groups is 6. The molecule has 0 saturated carbocycles. The number of carbonyl (C=O) groups excluding carboxylic acids is 6. The van der Waals surface area contributed by atoms with Gasteiger partial charge in [0.25, 0.3) is 0 Å². The van der Waals surface area contributed by atoms with Crippen molar-refractivity contribution in [3.63, 3.8) is 0 Å². The van der Waals surface area contributed by atoms with E-state index in [1.807, 2.05) is 26.0 Å². The Bertz CT molecular complexity index is 999. The SMILES string of the molecule is CN[C@@](C)(CCC/C=C/CCC[C@](C)(NC(=O)[C@H](CCC(N)=O)NC(=O)C[C@@H](C)O)C(C)=O)C(=O)NC(C(N)=O)C(C)C. The Labute approximate surface area is 255 Å². The number of aliphatic hydroxyl groups excluding tert-OH is 1. The molecule has 246 valence electrons. The Morgan fingerprint density at radius 3 is 1.84 bits per heavy atom. The highest BCUT2D eigenvalue weighted by Crippen LogP contribution is 2.18. The van der Waals surface area contributed by atoms with Gasteiger partial charge in [0.1, 0.15) is 12.1 Å². The van der Waals surface area contributed by atoms with Crippen molar-refractivity contribution < 1.29 is 33.9 Å². The van der Waals surface area contributed by atoms with E-state index >= 15 is 0 Å². The molecule has 0 aromatic carbocycles. The van der Waals surface area contributed by atoms with Gasteiger partial charge >= 0.3 is 0 Å². The molecule has 0 heterocycles. The molecule has 13 nitrogen and oxygen atoms in total. The van der Waals surface area contributed by atoms with Crippen LogP contribution in [0.1, 0.15) is 99.3 Å². The molecule has 0 aromatic heterocycles. The number of nitrogens with one attached hydrogen (secondary N) is 4. The minimum atomic E-state index is -1.19. The van der Waals surface area contributed by atoms with Crippen molar-refractivity contribution in [2.45, 2.75) is 129 Å². The smallest absolute Gasteiger partial charge is 0.243 e. The first kappa shape index (κ1) is 39.7. The number of allylic oxidation sites excluding steroid dienone is 2. The number of amides is 5. The molecule has 0 spiro atoms. The van der Waals surface area contributed by atoms with Crippen molar-refractivity contribution in [3.05, 3.63) is 12.2 Å². The number of ketones is 1. The molecule has 5 amide bonds. The molecule has 0 fully saturated rings. The predicted octanol–water partition coefficient (Wildman–Crippen LogP) is 0.473. The normalized spacial score (nSPS) is 16.4. The summed E-state index contributed by atoms with van der Waals surface area (Å²) in [5.41, 5.74) is 8.57. The zero-order chi connectivity index (χ0) is 33.4. The molecular formula is C30H54N6O7. The number of nitrogens with two attached hydrogens (primary N) is 2. The van der Waals surface area contributed by atoms with Gasteiger partial charge in [0.15, 0.2) is 5.78 Å². The predicted molar refractivity (Wildman–Crippen MR) is 164 cm³/mol. The van der Waals surface area contributed by atoms with Crippen LogP contribution in [0.3, 0.4) is 0 Å². The van der Waals surface area contributed by atoms with E-state index in [4.69, 9.17) is 11.5 Å². The third-order valence-electron chi connectivity index (χ3n) is 7.56. The molecule has 0 aliphatic heterocycles. The lowest BCUT2D eigenvalue weighted by Gasteiger charge is -2.31. The molecule has 0 aliphatic rings. The minimum Gasteiger partial charge on any atom is -0.393 e. The summed E-state index contributed by atoms with van der Waals surface area (Å²) in [7, 11) is 1.69. The summed E-state index contributed by atoms with van der Waals surface area (Å²) in [5, 5.41) is 20.5. The Morgan fingerprint density at radius 1 is 0.884 bits per heavy atom. The summed E-state index contributed by atoms with van der Waals surface area (Å²) in [6, 6.07) is -1.84. The monoisotopic (exact) mass is 610 g/mol. The highest BCUT2D eigenvalue weighted by atomic mass is 16.3. The fraction of sp³-hybridized carbons (Fsp3) is 0.733. The average molecular weight is 611 g/mol. The molecule has 9 N–H and O–H groups in total. The highest BCUT2D eigenvalue weighted by Gasteiger charge is 2.35. The molecule has 0 saturated heterocycles. The fourth-order valence-electron chi connectivity index (χ4n) is 4.36. The highest BCUT2D eigenvalue weighted by molar-refractivity contribution is 5.94. The fourth-order valence-corrected chi connectivity index (χ4v) is 4.36. The largest absolute Gasteiger partial charge is 0.393 e. The number of Topliss-reactive ketones (excluding diaryl/α,β-unsaturated/α-hetero) is 1. The van der Waals surface area contributed by atoms with Crippen LogP contribution in [-0.2, 0) is 28.8 Å². The van der Waals surface area contributed by atoms with Gasteiger partial charge in [-0.25, -0.2) is 0 Å². The van der Waals surface area contributed by atoms with Gasteiger partial charge in [-0.2, -0.15) is 0 Å². The van der Waals surface area contributed by atoms with Crippen LogP contribution in [0, 0.1) is 5.92 Å². The number of primary amides is 2. The van der Waals surface area contributed by atoms with E-state index in [1.165, 1.54) is 13.8 Å². The second-order valence-corrected chi connectivity index (χ2v) is 12.0. The van der Waals surface area contributed by atoms with E-state index in [1.54, 1.807) is 20.9 Å². The van der Waals surface area contributed by atoms with Crippen molar-refractivity contribution in [1.29, 1.82) is 0 Å². The molecule has 13 heteroatoms. The summed E-state index contributed by atoms with van der Waals surface area (Å²) in [5.74, 6) is -3.06.